The van der Waals surface area contributed by atoms with Crippen molar-refractivity contribution in [2.45, 2.75) is 31.6 Å². The number of benzene rings is 1. The van der Waals surface area contributed by atoms with Gasteiger partial charge in [0.2, 0.25) is 0 Å². The molecule has 2 rings (SSSR count). The second-order valence-corrected chi connectivity index (χ2v) is 5.50. The molecule has 1 N–H and O–H groups in total. The summed E-state index contributed by atoms with van der Waals surface area (Å²) in [5.74, 6) is 0.795. The van der Waals surface area contributed by atoms with E-state index in [1.54, 1.807) is 7.11 Å². The maximum Gasteiger partial charge on any atom is 0.401 e. The Kier molecular flexibility index (Phi) is 5.11. The van der Waals surface area contributed by atoms with E-state index in [-0.39, 0.29) is 12.1 Å². The molecule has 1 heterocycles. The van der Waals surface area contributed by atoms with E-state index in [1.165, 1.54) is 4.90 Å². The van der Waals surface area contributed by atoms with Gasteiger partial charge in [-0.1, -0.05) is 12.1 Å². The van der Waals surface area contributed by atoms with Crippen molar-refractivity contribution in [3.05, 3.63) is 29.8 Å². The average Bonchev–Trinajstić information content (AvgIpc) is 2.83. The second kappa shape index (κ2) is 6.66. The summed E-state index contributed by atoms with van der Waals surface area (Å²) >= 11 is 0. The third kappa shape index (κ3) is 4.89. The van der Waals surface area contributed by atoms with Gasteiger partial charge in [0.05, 0.1) is 13.7 Å². The number of methoxy groups -OCH3 is 1. The zero-order valence-corrected chi connectivity index (χ0v) is 12.3. The normalized spacial score (nSPS) is 21.5. The fourth-order valence-electron chi connectivity index (χ4n) is 2.71. The van der Waals surface area contributed by atoms with Crippen molar-refractivity contribution in [1.29, 1.82) is 0 Å². The Balaban J connectivity index is 1.84. The van der Waals surface area contributed by atoms with Crippen LogP contribution < -0.4 is 10.1 Å². The van der Waals surface area contributed by atoms with E-state index in [0.29, 0.717) is 13.1 Å². The molecule has 2 atom stereocenters. The molecule has 0 saturated carbocycles. The Morgan fingerprint density at radius 1 is 1.33 bits per heavy atom. The first-order valence-corrected chi connectivity index (χ1v) is 7.06. The highest BCUT2D eigenvalue weighted by molar-refractivity contribution is 5.28. The SMILES string of the molecule is COc1ccc([C@@H](C)N[C@@H]2CCN(CC(F)(F)F)C2)cc1. The Labute approximate surface area is 123 Å². The van der Waals surface area contributed by atoms with Gasteiger partial charge in [-0.25, -0.2) is 0 Å². The van der Waals surface area contributed by atoms with Crippen LogP contribution in [0.5, 0.6) is 5.75 Å². The Morgan fingerprint density at radius 3 is 2.57 bits per heavy atom. The number of hydrogen-bond donors (Lipinski definition) is 1. The van der Waals surface area contributed by atoms with Crippen LogP contribution >= 0.6 is 0 Å². The van der Waals surface area contributed by atoms with Gasteiger partial charge in [-0.05, 0) is 31.0 Å². The van der Waals surface area contributed by atoms with Crippen LogP contribution in [0.3, 0.4) is 0 Å². The number of alkyl halides is 3. The third-order valence-corrected chi connectivity index (χ3v) is 3.78. The first-order chi connectivity index (χ1) is 9.87. The number of likely N-dealkylation sites (tertiary alicyclic amines) is 1. The van der Waals surface area contributed by atoms with E-state index >= 15 is 0 Å². The van der Waals surface area contributed by atoms with Crippen molar-refractivity contribution in [3.8, 4) is 5.75 Å². The monoisotopic (exact) mass is 302 g/mol. The summed E-state index contributed by atoms with van der Waals surface area (Å²) in [4.78, 5) is 1.46. The van der Waals surface area contributed by atoms with Gasteiger partial charge in [-0.2, -0.15) is 13.2 Å². The molecular formula is C15H21F3N2O. The Hall–Kier alpha value is -1.27. The standard InChI is InChI=1S/C15H21F3N2O/c1-11(12-3-5-14(21-2)6-4-12)19-13-7-8-20(9-13)10-15(16,17)18/h3-6,11,13,19H,7-10H2,1-2H3/t11-,13-/m1/s1. The van der Waals surface area contributed by atoms with E-state index in [0.717, 1.165) is 17.7 Å². The summed E-state index contributed by atoms with van der Waals surface area (Å²) in [5, 5.41) is 3.40. The van der Waals surface area contributed by atoms with Crippen LogP contribution in [0.1, 0.15) is 24.9 Å². The molecule has 6 heteroatoms. The van der Waals surface area contributed by atoms with Crippen LogP contribution in [0.4, 0.5) is 13.2 Å². The molecule has 1 aliphatic heterocycles. The van der Waals surface area contributed by atoms with Crippen molar-refractivity contribution in [3.63, 3.8) is 0 Å². The zero-order valence-electron chi connectivity index (χ0n) is 12.3. The summed E-state index contributed by atoms with van der Waals surface area (Å²) < 4.78 is 42.2. The van der Waals surface area contributed by atoms with Crippen molar-refractivity contribution in [2.75, 3.05) is 26.7 Å². The van der Waals surface area contributed by atoms with Crippen molar-refractivity contribution < 1.29 is 17.9 Å². The largest absolute Gasteiger partial charge is 0.497 e. The van der Waals surface area contributed by atoms with Crippen LogP contribution in [0.25, 0.3) is 0 Å². The lowest BCUT2D eigenvalue weighted by atomic mass is 10.1. The quantitative estimate of drug-likeness (QED) is 0.905. The van der Waals surface area contributed by atoms with E-state index in [2.05, 4.69) is 5.32 Å². The van der Waals surface area contributed by atoms with Gasteiger partial charge in [0.1, 0.15) is 5.75 Å². The molecule has 1 fully saturated rings. The number of nitrogens with zero attached hydrogens (tertiary/aromatic N) is 1. The van der Waals surface area contributed by atoms with Crippen molar-refractivity contribution >= 4 is 0 Å². The third-order valence-electron chi connectivity index (χ3n) is 3.78. The number of halogens is 3. The van der Waals surface area contributed by atoms with E-state index in [1.807, 2.05) is 31.2 Å². The highest BCUT2D eigenvalue weighted by Crippen LogP contribution is 2.22. The maximum absolute atomic E-state index is 12.4. The smallest absolute Gasteiger partial charge is 0.401 e. The summed E-state index contributed by atoms with van der Waals surface area (Å²) in [6, 6.07) is 7.92. The molecule has 0 aliphatic carbocycles. The maximum atomic E-state index is 12.4. The predicted molar refractivity (Wildman–Crippen MR) is 75.4 cm³/mol. The topological polar surface area (TPSA) is 24.5 Å². The van der Waals surface area contributed by atoms with Gasteiger partial charge in [-0.15, -0.1) is 0 Å². The molecular weight excluding hydrogens is 281 g/mol. The van der Waals surface area contributed by atoms with Crippen LogP contribution in [-0.4, -0.2) is 43.9 Å². The molecule has 0 radical (unpaired) electrons. The predicted octanol–water partition coefficient (Wildman–Crippen LogP) is 2.98. The second-order valence-electron chi connectivity index (χ2n) is 5.50. The van der Waals surface area contributed by atoms with Crippen molar-refractivity contribution in [1.82, 2.24) is 10.2 Å². The summed E-state index contributed by atoms with van der Waals surface area (Å²) in [5.41, 5.74) is 1.10. The van der Waals surface area contributed by atoms with Gasteiger partial charge < -0.3 is 10.1 Å². The minimum atomic E-state index is -4.11. The van der Waals surface area contributed by atoms with Gasteiger partial charge in [0, 0.05) is 25.2 Å². The lowest BCUT2D eigenvalue weighted by Crippen LogP contribution is -2.37. The minimum absolute atomic E-state index is 0.101. The molecule has 1 saturated heterocycles. The summed E-state index contributed by atoms with van der Waals surface area (Å²) in [7, 11) is 1.62. The molecule has 0 spiro atoms. The fraction of sp³-hybridized carbons (Fsp3) is 0.600. The molecule has 118 valence electrons. The van der Waals surface area contributed by atoms with E-state index in [4.69, 9.17) is 4.74 Å². The molecule has 1 aliphatic rings. The zero-order chi connectivity index (χ0) is 15.5. The van der Waals surface area contributed by atoms with Crippen LogP contribution in [0, 0.1) is 0 Å². The molecule has 0 bridgehead atoms. The molecule has 3 nitrogen and oxygen atoms in total. The number of nitrogens with one attached hydrogen (secondary N) is 1. The fourth-order valence-corrected chi connectivity index (χ4v) is 2.71. The molecule has 1 aromatic rings. The highest BCUT2D eigenvalue weighted by Gasteiger charge is 2.34. The lowest BCUT2D eigenvalue weighted by molar-refractivity contribution is -0.143. The molecule has 0 aromatic heterocycles. The first-order valence-electron chi connectivity index (χ1n) is 7.06. The Bertz CT molecular complexity index is 447. The first kappa shape index (κ1) is 16.1. The summed E-state index contributed by atoms with van der Waals surface area (Å²) in [6.07, 6.45) is -3.37. The molecule has 0 unspecified atom stereocenters. The van der Waals surface area contributed by atoms with Crippen molar-refractivity contribution in [2.24, 2.45) is 0 Å². The Morgan fingerprint density at radius 2 is 2.00 bits per heavy atom. The molecule has 1 aromatic carbocycles. The molecule has 21 heavy (non-hydrogen) atoms. The molecule has 0 amide bonds. The lowest BCUT2D eigenvalue weighted by Gasteiger charge is -2.21. The number of rotatable bonds is 5. The summed E-state index contributed by atoms with van der Waals surface area (Å²) in [6.45, 7) is 2.14. The van der Waals surface area contributed by atoms with Gasteiger partial charge in [0.15, 0.2) is 0 Å². The van der Waals surface area contributed by atoms with Gasteiger partial charge in [-0.3, -0.25) is 4.90 Å². The highest BCUT2D eigenvalue weighted by atomic mass is 19.4. The van der Waals surface area contributed by atoms with Crippen LogP contribution in [0.2, 0.25) is 0 Å². The van der Waals surface area contributed by atoms with E-state index in [9.17, 15) is 13.2 Å². The van der Waals surface area contributed by atoms with Crippen LogP contribution in [-0.2, 0) is 0 Å². The minimum Gasteiger partial charge on any atom is -0.497 e. The van der Waals surface area contributed by atoms with Gasteiger partial charge >= 0.3 is 6.18 Å². The average molecular weight is 302 g/mol. The van der Waals surface area contributed by atoms with Gasteiger partial charge in [0.25, 0.3) is 0 Å². The van der Waals surface area contributed by atoms with E-state index < -0.39 is 12.7 Å². The van der Waals surface area contributed by atoms with Crippen LogP contribution in [0.15, 0.2) is 24.3 Å². The number of hydrogen-bond acceptors (Lipinski definition) is 3. The number of ether oxygens (including phenoxy) is 1.